The molecule has 0 radical (unpaired) electrons. The minimum atomic E-state index is 0.455. The Morgan fingerprint density at radius 1 is 1.53 bits per heavy atom. The summed E-state index contributed by atoms with van der Waals surface area (Å²) in [4.78, 5) is 2.22. The zero-order chi connectivity index (χ0) is 10.7. The minimum Gasteiger partial charge on any atom is -0.354 e. The Kier molecular flexibility index (Phi) is 3.43. The maximum atomic E-state index is 5.48. The summed E-state index contributed by atoms with van der Waals surface area (Å²) in [5.74, 6) is 3.39. The number of anilines is 1. The van der Waals surface area contributed by atoms with Gasteiger partial charge in [-0.2, -0.15) is 16.9 Å². The number of aromatic nitrogens is 2. The normalized spacial score (nSPS) is 20.5. The van der Waals surface area contributed by atoms with E-state index in [0.29, 0.717) is 12.6 Å². The molecule has 1 unspecified atom stereocenters. The number of rotatable bonds is 3. The lowest BCUT2D eigenvalue weighted by Gasteiger charge is -2.24. The van der Waals surface area contributed by atoms with Gasteiger partial charge in [-0.1, -0.05) is 0 Å². The van der Waals surface area contributed by atoms with Gasteiger partial charge in [0.25, 0.3) is 0 Å². The highest BCUT2D eigenvalue weighted by molar-refractivity contribution is 7.99. The van der Waals surface area contributed by atoms with Crippen LogP contribution in [-0.2, 0) is 6.54 Å². The summed E-state index contributed by atoms with van der Waals surface area (Å²) in [6.07, 6.45) is 1.24. The van der Waals surface area contributed by atoms with E-state index in [1.165, 1.54) is 17.9 Å². The molecule has 1 fully saturated rings. The first-order valence-corrected chi connectivity index (χ1v) is 6.30. The molecule has 1 aliphatic heterocycles. The van der Waals surface area contributed by atoms with Gasteiger partial charge in [0.15, 0.2) is 5.82 Å². The Balaban J connectivity index is 2.07. The number of nitrogens with two attached hydrogens (primary N) is 1. The average Bonchev–Trinajstić information content (AvgIpc) is 2.82. The highest BCUT2D eigenvalue weighted by Gasteiger charge is 2.21. The number of hydrogen-bond acceptors (Lipinski definition) is 5. The van der Waals surface area contributed by atoms with Crippen LogP contribution >= 0.6 is 11.8 Å². The molecule has 15 heavy (non-hydrogen) atoms. The maximum absolute atomic E-state index is 5.48. The largest absolute Gasteiger partial charge is 0.354 e. The zero-order valence-electron chi connectivity index (χ0n) is 8.89. The number of nitrogens with zero attached hydrogens (tertiary/aromatic N) is 3. The highest BCUT2D eigenvalue weighted by Crippen LogP contribution is 2.24. The molecule has 1 aliphatic rings. The van der Waals surface area contributed by atoms with Gasteiger partial charge < -0.3 is 10.6 Å². The third-order valence-corrected chi connectivity index (χ3v) is 3.87. The maximum Gasteiger partial charge on any atom is 0.151 e. The second kappa shape index (κ2) is 4.81. The molecular formula is C10H16N4S. The Bertz CT molecular complexity index is 308. The summed E-state index contributed by atoms with van der Waals surface area (Å²) in [6.45, 7) is 0.455. The van der Waals surface area contributed by atoms with E-state index in [1.807, 2.05) is 23.9 Å². The summed E-state index contributed by atoms with van der Waals surface area (Å²) < 4.78 is 0. The topological polar surface area (TPSA) is 55.0 Å². The molecule has 0 saturated carbocycles. The average molecular weight is 224 g/mol. The molecule has 2 heterocycles. The van der Waals surface area contributed by atoms with Crippen LogP contribution in [0, 0.1) is 0 Å². The molecule has 1 aromatic heterocycles. The van der Waals surface area contributed by atoms with Gasteiger partial charge in [0.1, 0.15) is 0 Å². The van der Waals surface area contributed by atoms with Gasteiger partial charge in [-0.3, -0.25) is 0 Å². The van der Waals surface area contributed by atoms with Crippen LogP contribution in [0.1, 0.15) is 12.1 Å². The lowest BCUT2D eigenvalue weighted by Crippen LogP contribution is -2.32. The lowest BCUT2D eigenvalue weighted by molar-refractivity contribution is 0.683. The molecule has 4 nitrogen and oxygen atoms in total. The predicted octanol–water partition coefficient (Wildman–Crippen LogP) is 0.877. The van der Waals surface area contributed by atoms with Crippen LogP contribution in [0.2, 0.25) is 0 Å². The van der Waals surface area contributed by atoms with E-state index in [2.05, 4.69) is 22.1 Å². The van der Waals surface area contributed by atoms with Gasteiger partial charge in [-0.05, 0) is 24.3 Å². The molecule has 1 saturated heterocycles. The van der Waals surface area contributed by atoms with Crippen LogP contribution in [-0.4, -0.2) is 34.8 Å². The van der Waals surface area contributed by atoms with Gasteiger partial charge in [-0.15, -0.1) is 5.10 Å². The first kappa shape index (κ1) is 10.7. The van der Waals surface area contributed by atoms with Crippen LogP contribution in [0.3, 0.4) is 0 Å². The quantitative estimate of drug-likeness (QED) is 0.826. The van der Waals surface area contributed by atoms with Crippen molar-refractivity contribution in [1.82, 2.24) is 10.2 Å². The van der Waals surface area contributed by atoms with Crippen molar-refractivity contribution < 1.29 is 0 Å². The van der Waals surface area contributed by atoms with Gasteiger partial charge in [0, 0.05) is 25.4 Å². The van der Waals surface area contributed by atoms with E-state index in [-0.39, 0.29) is 0 Å². The summed E-state index contributed by atoms with van der Waals surface area (Å²) in [7, 11) is 2.09. The van der Waals surface area contributed by atoms with E-state index in [9.17, 15) is 0 Å². The van der Waals surface area contributed by atoms with E-state index >= 15 is 0 Å². The van der Waals surface area contributed by atoms with Crippen LogP contribution in [0.4, 0.5) is 5.82 Å². The molecule has 0 spiro atoms. The molecule has 2 rings (SSSR count). The van der Waals surface area contributed by atoms with Gasteiger partial charge in [0.05, 0.1) is 5.69 Å². The van der Waals surface area contributed by atoms with Gasteiger partial charge >= 0.3 is 0 Å². The standard InChI is InChI=1S/C10H16N4S/c1-14(9-4-5-15-7-9)10-3-2-8(6-11)12-13-10/h2-3,9H,4-7,11H2,1H3. The summed E-state index contributed by atoms with van der Waals surface area (Å²) in [5.41, 5.74) is 6.32. The molecule has 5 heteroatoms. The van der Waals surface area contributed by atoms with Crippen molar-refractivity contribution in [2.45, 2.75) is 19.0 Å². The third kappa shape index (κ3) is 2.41. The zero-order valence-corrected chi connectivity index (χ0v) is 9.70. The van der Waals surface area contributed by atoms with Crippen molar-refractivity contribution in [1.29, 1.82) is 0 Å². The van der Waals surface area contributed by atoms with Crippen molar-refractivity contribution in [2.75, 3.05) is 23.5 Å². The molecule has 82 valence electrons. The Hall–Kier alpha value is -0.810. The van der Waals surface area contributed by atoms with E-state index in [4.69, 9.17) is 5.73 Å². The third-order valence-electron chi connectivity index (χ3n) is 2.73. The number of thioether (sulfide) groups is 1. The molecule has 1 atom stereocenters. The minimum absolute atomic E-state index is 0.455. The summed E-state index contributed by atoms with van der Waals surface area (Å²) >= 11 is 2.00. The van der Waals surface area contributed by atoms with Crippen molar-refractivity contribution in [3.63, 3.8) is 0 Å². The molecule has 0 aliphatic carbocycles. The second-order valence-corrected chi connectivity index (χ2v) is 4.87. The lowest BCUT2D eigenvalue weighted by atomic mass is 10.2. The Morgan fingerprint density at radius 3 is 2.93 bits per heavy atom. The molecule has 0 amide bonds. The Labute approximate surface area is 94.2 Å². The van der Waals surface area contributed by atoms with Gasteiger partial charge in [-0.25, -0.2) is 0 Å². The van der Waals surface area contributed by atoms with Gasteiger partial charge in [0.2, 0.25) is 0 Å². The van der Waals surface area contributed by atoms with Crippen molar-refractivity contribution in [2.24, 2.45) is 5.73 Å². The smallest absolute Gasteiger partial charge is 0.151 e. The fraction of sp³-hybridized carbons (Fsp3) is 0.600. The molecule has 2 N–H and O–H groups in total. The summed E-state index contributed by atoms with van der Waals surface area (Å²) in [5, 5.41) is 8.25. The number of hydrogen-bond donors (Lipinski definition) is 1. The highest BCUT2D eigenvalue weighted by atomic mass is 32.2. The van der Waals surface area contributed by atoms with Crippen LogP contribution < -0.4 is 10.6 Å². The van der Waals surface area contributed by atoms with Crippen LogP contribution in [0.15, 0.2) is 12.1 Å². The molecular weight excluding hydrogens is 208 g/mol. The Morgan fingerprint density at radius 2 is 2.40 bits per heavy atom. The molecule has 1 aromatic rings. The first-order chi connectivity index (χ1) is 7.31. The van der Waals surface area contributed by atoms with Crippen LogP contribution in [0.5, 0.6) is 0 Å². The van der Waals surface area contributed by atoms with Crippen molar-refractivity contribution in [3.8, 4) is 0 Å². The second-order valence-electron chi connectivity index (χ2n) is 3.72. The molecule has 0 bridgehead atoms. The monoisotopic (exact) mass is 224 g/mol. The van der Waals surface area contributed by atoms with Crippen molar-refractivity contribution in [3.05, 3.63) is 17.8 Å². The van der Waals surface area contributed by atoms with Crippen molar-refractivity contribution >= 4 is 17.6 Å². The van der Waals surface area contributed by atoms with E-state index in [0.717, 1.165) is 11.5 Å². The fourth-order valence-electron chi connectivity index (χ4n) is 1.66. The first-order valence-electron chi connectivity index (χ1n) is 5.14. The summed E-state index contributed by atoms with van der Waals surface area (Å²) in [6, 6.07) is 4.55. The van der Waals surface area contributed by atoms with E-state index in [1.54, 1.807) is 0 Å². The predicted molar refractivity (Wildman–Crippen MR) is 64.1 cm³/mol. The fourth-order valence-corrected chi connectivity index (χ4v) is 2.93. The SMILES string of the molecule is CN(c1ccc(CN)nn1)C1CCSC1. The van der Waals surface area contributed by atoms with Crippen LogP contribution in [0.25, 0.3) is 0 Å². The molecule has 0 aromatic carbocycles. The van der Waals surface area contributed by atoms with E-state index < -0.39 is 0 Å².